The number of fused-ring (bicyclic) bond motifs is 1. The molecule has 114 valence electrons. The van der Waals surface area contributed by atoms with Crippen LogP contribution in [0.4, 0.5) is 0 Å². The van der Waals surface area contributed by atoms with Crippen molar-refractivity contribution < 1.29 is 0 Å². The fourth-order valence-electron chi connectivity index (χ4n) is 3.43. The number of nitrogens with zero attached hydrogens (tertiary/aromatic N) is 1. The molecular formula is C18H26N2S. The summed E-state index contributed by atoms with van der Waals surface area (Å²) < 4.78 is 1.43. The minimum atomic E-state index is 0.710. The first-order valence-corrected chi connectivity index (χ1v) is 8.88. The Hall–Kier alpha value is -0.900. The van der Waals surface area contributed by atoms with E-state index in [4.69, 9.17) is 0 Å². The Morgan fingerprint density at radius 2 is 2.05 bits per heavy atom. The van der Waals surface area contributed by atoms with Gasteiger partial charge in [-0.15, -0.1) is 11.3 Å². The second-order valence-corrected chi connectivity index (χ2v) is 7.63. The van der Waals surface area contributed by atoms with E-state index in [9.17, 15) is 0 Å². The first kappa shape index (κ1) is 15.0. The van der Waals surface area contributed by atoms with Crippen molar-refractivity contribution in [2.24, 2.45) is 5.92 Å². The average Bonchev–Trinajstić information content (AvgIpc) is 2.81. The van der Waals surface area contributed by atoms with Gasteiger partial charge in [0.05, 0.1) is 0 Å². The summed E-state index contributed by atoms with van der Waals surface area (Å²) in [5.74, 6) is 0.832. The smallest absolute Gasteiger partial charge is 0.0349 e. The summed E-state index contributed by atoms with van der Waals surface area (Å²) in [6.45, 7) is 8.10. The topological polar surface area (TPSA) is 15.3 Å². The fourth-order valence-corrected chi connectivity index (χ4v) is 4.66. The molecule has 0 spiro atoms. The van der Waals surface area contributed by atoms with E-state index in [0.717, 1.165) is 19.0 Å². The van der Waals surface area contributed by atoms with Crippen LogP contribution in [0, 0.1) is 5.92 Å². The van der Waals surface area contributed by atoms with Crippen molar-refractivity contribution in [2.75, 3.05) is 13.6 Å². The van der Waals surface area contributed by atoms with Crippen LogP contribution in [0.5, 0.6) is 0 Å². The number of nitrogens with one attached hydrogen (secondary N) is 1. The molecule has 2 unspecified atom stereocenters. The zero-order valence-electron chi connectivity index (χ0n) is 13.4. The maximum absolute atomic E-state index is 3.33. The molecule has 1 aliphatic rings. The number of thiophene rings is 1. The van der Waals surface area contributed by atoms with Gasteiger partial charge in [-0.1, -0.05) is 25.1 Å². The molecule has 2 heterocycles. The predicted octanol–water partition coefficient (Wildman–Crippen LogP) is 4.24. The molecule has 2 nitrogen and oxygen atoms in total. The zero-order chi connectivity index (χ0) is 14.8. The molecule has 3 heteroatoms. The van der Waals surface area contributed by atoms with Crippen molar-refractivity contribution in [3.63, 3.8) is 0 Å². The largest absolute Gasteiger partial charge is 0.315 e. The first-order valence-electron chi connectivity index (χ1n) is 8.07. The van der Waals surface area contributed by atoms with Gasteiger partial charge in [0.15, 0.2) is 0 Å². The van der Waals surface area contributed by atoms with E-state index in [2.05, 4.69) is 48.3 Å². The van der Waals surface area contributed by atoms with Crippen LogP contribution < -0.4 is 5.32 Å². The summed E-state index contributed by atoms with van der Waals surface area (Å²) in [7, 11) is 2.04. The van der Waals surface area contributed by atoms with Gasteiger partial charge in [0.25, 0.3) is 0 Å². The van der Waals surface area contributed by atoms with Crippen LogP contribution in [0.3, 0.4) is 0 Å². The van der Waals surface area contributed by atoms with Gasteiger partial charge in [-0.05, 0) is 49.7 Å². The van der Waals surface area contributed by atoms with Crippen LogP contribution >= 0.6 is 11.3 Å². The van der Waals surface area contributed by atoms with E-state index in [1.807, 2.05) is 18.4 Å². The molecule has 1 aliphatic heterocycles. The molecule has 3 rings (SSSR count). The molecule has 1 fully saturated rings. The van der Waals surface area contributed by atoms with Crippen LogP contribution in [0.15, 0.2) is 24.3 Å². The molecule has 0 saturated carbocycles. The van der Waals surface area contributed by atoms with Crippen LogP contribution in [0.2, 0.25) is 0 Å². The highest BCUT2D eigenvalue weighted by molar-refractivity contribution is 7.19. The van der Waals surface area contributed by atoms with Gasteiger partial charge in [0.1, 0.15) is 0 Å². The monoisotopic (exact) mass is 302 g/mol. The minimum absolute atomic E-state index is 0.710. The van der Waals surface area contributed by atoms with E-state index in [1.165, 1.54) is 34.3 Å². The van der Waals surface area contributed by atoms with Crippen molar-refractivity contribution in [2.45, 2.75) is 45.8 Å². The number of hydrogen-bond donors (Lipinski definition) is 1. The van der Waals surface area contributed by atoms with E-state index in [0.29, 0.717) is 6.04 Å². The summed E-state index contributed by atoms with van der Waals surface area (Å²) in [5.41, 5.74) is 1.55. The van der Waals surface area contributed by atoms with Gasteiger partial charge in [-0.3, -0.25) is 4.90 Å². The van der Waals surface area contributed by atoms with Crippen LogP contribution in [-0.4, -0.2) is 24.5 Å². The fraction of sp³-hybridized carbons (Fsp3) is 0.556. The molecule has 1 saturated heterocycles. The Bertz CT molecular complexity index is 604. The molecule has 0 aliphatic carbocycles. The van der Waals surface area contributed by atoms with Crippen LogP contribution in [0.1, 0.15) is 37.1 Å². The second-order valence-electron chi connectivity index (χ2n) is 6.49. The summed E-state index contributed by atoms with van der Waals surface area (Å²) in [6.07, 6.45) is 2.72. The van der Waals surface area contributed by atoms with Gasteiger partial charge in [-0.2, -0.15) is 0 Å². The van der Waals surface area contributed by atoms with Crippen LogP contribution in [-0.2, 0) is 13.1 Å². The van der Waals surface area contributed by atoms with Crippen molar-refractivity contribution in [3.05, 3.63) is 34.7 Å². The number of hydrogen-bond acceptors (Lipinski definition) is 3. The lowest BCUT2D eigenvalue weighted by Gasteiger charge is -2.37. The van der Waals surface area contributed by atoms with Crippen molar-refractivity contribution in [3.8, 4) is 0 Å². The molecule has 21 heavy (non-hydrogen) atoms. The van der Waals surface area contributed by atoms with Gasteiger partial charge < -0.3 is 5.32 Å². The average molecular weight is 302 g/mol. The van der Waals surface area contributed by atoms with Gasteiger partial charge in [-0.25, -0.2) is 0 Å². The minimum Gasteiger partial charge on any atom is -0.315 e. The van der Waals surface area contributed by atoms with Crippen molar-refractivity contribution in [1.29, 1.82) is 0 Å². The predicted molar refractivity (Wildman–Crippen MR) is 92.9 cm³/mol. The number of piperidine rings is 1. The number of benzene rings is 1. The summed E-state index contributed by atoms with van der Waals surface area (Å²) >= 11 is 1.95. The first-order chi connectivity index (χ1) is 10.2. The highest BCUT2D eigenvalue weighted by atomic mass is 32.1. The number of likely N-dealkylation sites (tertiary alicyclic amines) is 1. The Morgan fingerprint density at radius 1 is 1.24 bits per heavy atom. The van der Waals surface area contributed by atoms with E-state index in [-0.39, 0.29) is 0 Å². The zero-order valence-corrected chi connectivity index (χ0v) is 14.2. The molecule has 0 bridgehead atoms. The molecule has 1 aromatic heterocycles. The quantitative estimate of drug-likeness (QED) is 0.908. The standard InChI is InChI=1S/C18H26N2S/c1-13-8-9-14(2)20(11-13)12-16-15-6-4-5-7-17(15)21-18(16)10-19-3/h4-7,13-14,19H,8-12H2,1-3H3. The van der Waals surface area contributed by atoms with Crippen LogP contribution in [0.25, 0.3) is 10.1 Å². The number of rotatable bonds is 4. The van der Waals surface area contributed by atoms with Crippen molar-refractivity contribution in [1.82, 2.24) is 10.2 Å². The molecule has 0 amide bonds. The van der Waals surface area contributed by atoms with Gasteiger partial charge in [0, 0.05) is 35.3 Å². The summed E-state index contributed by atoms with van der Waals surface area (Å²) in [4.78, 5) is 4.19. The van der Waals surface area contributed by atoms with E-state index >= 15 is 0 Å². The lowest BCUT2D eigenvalue weighted by atomic mass is 9.94. The van der Waals surface area contributed by atoms with Crippen molar-refractivity contribution >= 4 is 21.4 Å². The third-order valence-electron chi connectivity index (χ3n) is 4.73. The SMILES string of the molecule is CNCc1sc2ccccc2c1CN1CC(C)CCC1C. The van der Waals surface area contributed by atoms with Gasteiger partial charge in [0.2, 0.25) is 0 Å². The summed E-state index contributed by atoms with van der Waals surface area (Å²) in [5, 5.41) is 4.79. The molecule has 2 aromatic rings. The molecular weight excluding hydrogens is 276 g/mol. The third-order valence-corrected chi connectivity index (χ3v) is 5.94. The molecule has 2 atom stereocenters. The maximum Gasteiger partial charge on any atom is 0.0349 e. The molecule has 1 N–H and O–H groups in total. The highest BCUT2D eigenvalue weighted by Crippen LogP contribution is 2.34. The Kier molecular flexibility index (Phi) is 4.63. The molecule has 1 aromatic carbocycles. The maximum atomic E-state index is 3.33. The highest BCUT2D eigenvalue weighted by Gasteiger charge is 2.24. The second kappa shape index (κ2) is 6.47. The Labute approximate surface area is 132 Å². The lowest BCUT2D eigenvalue weighted by molar-refractivity contribution is 0.117. The normalized spacial score (nSPS) is 23.8. The Morgan fingerprint density at radius 3 is 2.86 bits per heavy atom. The summed E-state index contributed by atoms with van der Waals surface area (Å²) in [6, 6.07) is 9.58. The van der Waals surface area contributed by atoms with E-state index in [1.54, 1.807) is 5.56 Å². The third kappa shape index (κ3) is 3.15. The molecule has 0 radical (unpaired) electrons. The van der Waals surface area contributed by atoms with Gasteiger partial charge >= 0.3 is 0 Å². The lowest BCUT2D eigenvalue weighted by Crippen LogP contribution is -2.40. The Balaban J connectivity index is 1.92. The van der Waals surface area contributed by atoms with E-state index < -0.39 is 0 Å².